The van der Waals surface area contributed by atoms with Crippen LogP contribution in [0.1, 0.15) is 19.3 Å². The quantitative estimate of drug-likeness (QED) is 0.599. The number of rotatable bonds is 3. The largest absolute Gasteiger partial charge is 0.480 e. The van der Waals surface area contributed by atoms with Gasteiger partial charge in [-0.2, -0.15) is 0 Å². The lowest BCUT2D eigenvalue weighted by Crippen LogP contribution is -2.35. The van der Waals surface area contributed by atoms with Gasteiger partial charge in [0.25, 0.3) is 0 Å². The summed E-state index contributed by atoms with van der Waals surface area (Å²) in [4.78, 5) is 21.7. The van der Waals surface area contributed by atoms with Gasteiger partial charge in [0.2, 0.25) is 0 Å². The van der Waals surface area contributed by atoms with Crippen LogP contribution in [0.2, 0.25) is 0 Å². The number of fused-ring (bicyclic) bond motifs is 1. The minimum atomic E-state index is -0.987. The summed E-state index contributed by atoms with van der Waals surface area (Å²) >= 11 is 0. The lowest BCUT2D eigenvalue weighted by atomic mass is 9.84. The van der Waals surface area contributed by atoms with Crippen molar-refractivity contribution in [2.45, 2.75) is 37.5 Å². The Bertz CT molecular complexity index is 278. The zero-order chi connectivity index (χ0) is 10.3. The number of aliphatic carboxylic acids is 1. The van der Waals surface area contributed by atoms with Gasteiger partial charge in [0.15, 0.2) is 5.78 Å². The number of ketones is 1. The summed E-state index contributed by atoms with van der Waals surface area (Å²) in [7, 11) is 0. The van der Waals surface area contributed by atoms with Gasteiger partial charge in [0, 0.05) is 6.42 Å². The van der Waals surface area contributed by atoms with Gasteiger partial charge in [-0.1, -0.05) is 0 Å². The number of carbonyl (C=O) groups excluding carboxylic acids is 1. The van der Waals surface area contributed by atoms with Gasteiger partial charge < -0.3 is 15.6 Å². The summed E-state index contributed by atoms with van der Waals surface area (Å²) in [6, 6.07) is -0.835. The molecule has 1 saturated heterocycles. The fraction of sp³-hybridized carbons (Fsp3) is 0.778. The van der Waals surface area contributed by atoms with Crippen molar-refractivity contribution >= 4 is 11.8 Å². The molecule has 1 aliphatic heterocycles. The molecule has 1 saturated carbocycles. The van der Waals surface area contributed by atoms with Crippen LogP contribution in [0.15, 0.2) is 0 Å². The highest BCUT2D eigenvalue weighted by Crippen LogP contribution is 2.40. The molecular weight excluding hydrogens is 186 g/mol. The number of carboxylic acid groups (broad SMARTS) is 1. The first-order valence-electron chi connectivity index (χ1n) is 4.76. The first-order valence-corrected chi connectivity index (χ1v) is 4.76. The zero-order valence-corrected chi connectivity index (χ0v) is 7.68. The molecule has 1 aliphatic carbocycles. The average Bonchev–Trinajstić information content (AvgIpc) is 2.89. The van der Waals surface area contributed by atoms with Crippen LogP contribution in [0, 0.1) is 5.92 Å². The van der Waals surface area contributed by atoms with Crippen LogP contribution in [0.25, 0.3) is 0 Å². The smallest absolute Gasteiger partial charge is 0.320 e. The fourth-order valence-corrected chi connectivity index (χ4v) is 2.05. The van der Waals surface area contributed by atoms with E-state index in [2.05, 4.69) is 0 Å². The second-order valence-corrected chi connectivity index (χ2v) is 3.97. The van der Waals surface area contributed by atoms with Crippen molar-refractivity contribution < 1.29 is 19.4 Å². The Kier molecular flexibility index (Phi) is 2.28. The van der Waals surface area contributed by atoms with E-state index in [-0.39, 0.29) is 23.9 Å². The summed E-state index contributed by atoms with van der Waals surface area (Å²) < 4.78 is 5.19. The molecule has 0 spiro atoms. The van der Waals surface area contributed by atoms with Crippen LogP contribution in [-0.4, -0.2) is 35.1 Å². The molecule has 0 bridgehead atoms. The van der Waals surface area contributed by atoms with Crippen LogP contribution in [0.3, 0.4) is 0 Å². The monoisotopic (exact) mass is 199 g/mol. The van der Waals surface area contributed by atoms with E-state index in [0.717, 1.165) is 0 Å². The number of Topliss-reactive ketones (excluding diaryl/α,β-unsaturated/α-hetero) is 1. The minimum Gasteiger partial charge on any atom is -0.480 e. The maximum absolute atomic E-state index is 11.1. The molecule has 0 amide bonds. The Labute approximate surface area is 81.2 Å². The zero-order valence-electron chi connectivity index (χ0n) is 7.68. The molecule has 0 aromatic rings. The molecule has 0 aromatic heterocycles. The number of hydrogen-bond donors (Lipinski definition) is 2. The summed E-state index contributed by atoms with van der Waals surface area (Å²) in [5.41, 5.74) is 5.42. The number of hydrogen-bond acceptors (Lipinski definition) is 4. The van der Waals surface area contributed by atoms with Gasteiger partial charge in [-0.25, -0.2) is 0 Å². The minimum absolute atomic E-state index is 0.0540. The van der Waals surface area contributed by atoms with E-state index in [9.17, 15) is 9.59 Å². The molecule has 2 aliphatic rings. The highest BCUT2D eigenvalue weighted by molar-refractivity contribution is 5.87. The highest BCUT2D eigenvalue weighted by atomic mass is 16.6. The van der Waals surface area contributed by atoms with E-state index in [0.29, 0.717) is 19.3 Å². The maximum Gasteiger partial charge on any atom is 0.320 e. The summed E-state index contributed by atoms with van der Waals surface area (Å²) in [6.07, 6.45) is 1.31. The van der Waals surface area contributed by atoms with E-state index in [4.69, 9.17) is 15.6 Å². The topological polar surface area (TPSA) is 92.9 Å². The number of nitrogens with two attached hydrogens (primary N) is 1. The molecule has 0 radical (unpaired) electrons. The number of carboxylic acids is 1. The normalized spacial score (nSPS) is 37.5. The van der Waals surface area contributed by atoms with E-state index in [1.807, 2.05) is 0 Å². The van der Waals surface area contributed by atoms with Gasteiger partial charge in [-0.3, -0.25) is 9.59 Å². The Balaban J connectivity index is 1.88. The van der Waals surface area contributed by atoms with Crippen molar-refractivity contribution in [3.8, 4) is 0 Å². The molecule has 4 atom stereocenters. The van der Waals surface area contributed by atoms with E-state index < -0.39 is 12.0 Å². The van der Waals surface area contributed by atoms with Crippen molar-refractivity contribution in [3.05, 3.63) is 0 Å². The Morgan fingerprint density at radius 2 is 2.43 bits per heavy atom. The third-order valence-corrected chi connectivity index (χ3v) is 2.94. The average molecular weight is 199 g/mol. The second-order valence-electron chi connectivity index (χ2n) is 3.97. The Morgan fingerprint density at radius 3 is 3.07 bits per heavy atom. The first kappa shape index (κ1) is 9.61. The van der Waals surface area contributed by atoms with E-state index >= 15 is 0 Å². The van der Waals surface area contributed by atoms with Gasteiger partial charge in [-0.05, 0) is 18.8 Å². The van der Waals surface area contributed by atoms with Gasteiger partial charge in [-0.15, -0.1) is 0 Å². The lowest BCUT2D eigenvalue weighted by molar-refractivity contribution is -0.139. The van der Waals surface area contributed by atoms with Crippen LogP contribution < -0.4 is 5.73 Å². The molecular formula is C9H13NO4. The van der Waals surface area contributed by atoms with Crippen molar-refractivity contribution in [3.63, 3.8) is 0 Å². The number of carbonyl (C=O) groups is 2. The predicted octanol–water partition coefficient (Wildman–Crippen LogP) is -0.465. The van der Waals surface area contributed by atoms with Gasteiger partial charge in [0.05, 0.1) is 6.10 Å². The molecule has 1 heterocycles. The molecule has 3 N–H and O–H groups in total. The van der Waals surface area contributed by atoms with Crippen LogP contribution in [0.4, 0.5) is 0 Å². The van der Waals surface area contributed by atoms with Crippen LogP contribution >= 0.6 is 0 Å². The predicted molar refractivity (Wildman–Crippen MR) is 46.6 cm³/mol. The van der Waals surface area contributed by atoms with Crippen molar-refractivity contribution in [1.82, 2.24) is 0 Å². The SMILES string of the molecule is N[C@@H](C[C@@H]1CCC(=O)[C@H]2O[C@H]12)C(=O)O. The molecule has 14 heavy (non-hydrogen) atoms. The molecule has 0 aromatic carbocycles. The lowest BCUT2D eigenvalue weighted by Gasteiger charge is -2.19. The molecule has 78 valence electrons. The molecule has 2 rings (SSSR count). The molecule has 2 fully saturated rings. The van der Waals surface area contributed by atoms with Crippen LogP contribution in [0.5, 0.6) is 0 Å². The second kappa shape index (κ2) is 3.33. The molecule has 5 heteroatoms. The van der Waals surface area contributed by atoms with E-state index in [1.54, 1.807) is 0 Å². The number of ether oxygens (including phenoxy) is 1. The number of epoxide rings is 1. The third kappa shape index (κ3) is 1.65. The highest BCUT2D eigenvalue weighted by Gasteiger charge is 2.52. The Hall–Kier alpha value is -0.940. The first-order chi connectivity index (χ1) is 6.59. The summed E-state index contributed by atoms with van der Waals surface area (Å²) in [5.74, 6) is -0.696. The summed E-state index contributed by atoms with van der Waals surface area (Å²) in [6.45, 7) is 0. The standard InChI is InChI=1S/C9H13NO4/c10-5(9(12)13)3-4-1-2-6(11)8-7(4)14-8/h4-5,7-8H,1-3,10H2,(H,12,13)/t4-,5-,7+,8+/m0/s1. The third-order valence-electron chi connectivity index (χ3n) is 2.94. The Morgan fingerprint density at radius 1 is 1.71 bits per heavy atom. The summed E-state index contributed by atoms with van der Waals surface area (Å²) in [5, 5.41) is 8.63. The fourth-order valence-electron chi connectivity index (χ4n) is 2.05. The maximum atomic E-state index is 11.1. The van der Waals surface area contributed by atoms with Crippen LogP contribution in [-0.2, 0) is 14.3 Å². The van der Waals surface area contributed by atoms with Gasteiger partial charge in [0.1, 0.15) is 12.1 Å². The van der Waals surface area contributed by atoms with Crippen molar-refractivity contribution in [2.24, 2.45) is 11.7 Å². The van der Waals surface area contributed by atoms with Crippen molar-refractivity contribution in [1.29, 1.82) is 0 Å². The molecule has 0 unspecified atom stereocenters. The molecule has 5 nitrogen and oxygen atoms in total. The van der Waals surface area contributed by atoms with E-state index in [1.165, 1.54) is 0 Å². The van der Waals surface area contributed by atoms with Crippen molar-refractivity contribution in [2.75, 3.05) is 0 Å². The van der Waals surface area contributed by atoms with Gasteiger partial charge >= 0.3 is 5.97 Å².